The molecule has 184 valence electrons. The Morgan fingerprint density at radius 2 is 1.56 bits per heavy atom. The zero-order valence-corrected chi connectivity index (χ0v) is 22.7. The molecule has 1 fully saturated rings. The summed E-state index contributed by atoms with van der Waals surface area (Å²) in [6.07, 6.45) is 1.86. The molecule has 1 aliphatic rings. The Kier molecular flexibility index (Phi) is 6.44. The molecule has 0 saturated carbocycles. The van der Waals surface area contributed by atoms with E-state index in [4.69, 9.17) is 17.2 Å². The summed E-state index contributed by atoms with van der Waals surface area (Å²) in [6, 6.07) is 23.9. The van der Waals surface area contributed by atoms with Crippen LogP contribution in [0.2, 0.25) is 0 Å². The van der Waals surface area contributed by atoms with Gasteiger partial charge in [-0.25, -0.2) is 0 Å². The minimum Gasteiger partial charge on any atom is -0.351 e. The topological polar surface area (TPSA) is 33.1 Å². The molecular formula is C31H34N4S. The van der Waals surface area contributed by atoms with Crippen LogP contribution in [0, 0.1) is 27.7 Å². The fourth-order valence-corrected chi connectivity index (χ4v) is 5.88. The van der Waals surface area contributed by atoms with Crippen molar-refractivity contribution in [3.63, 3.8) is 0 Å². The normalized spacial score (nSPS) is 17.6. The Hall–Kier alpha value is -3.44. The largest absolute Gasteiger partial charge is 0.351 e. The number of aromatic nitrogens is 2. The molecule has 0 bridgehead atoms. The van der Waals surface area contributed by atoms with Crippen molar-refractivity contribution in [2.75, 3.05) is 4.90 Å². The van der Waals surface area contributed by atoms with Gasteiger partial charge >= 0.3 is 0 Å². The van der Waals surface area contributed by atoms with Gasteiger partial charge in [-0.3, -0.25) is 4.98 Å². The van der Waals surface area contributed by atoms with Gasteiger partial charge < -0.3 is 14.8 Å². The zero-order valence-electron chi connectivity index (χ0n) is 21.9. The number of rotatable bonds is 5. The second-order valence-electron chi connectivity index (χ2n) is 10.3. The zero-order chi connectivity index (χ0) is 25.6. The van der Waals surface area contributed by atoms with Crippen molar-refractivity contribution in [2.45, 2.75) is 59.5 Å². The Morgan fingerprint density at radius 3 is 2.17 bits per heavy atom. The van der Waals surface area contributed by atoms with Crippen molar-refractivity contribution in [3.05, 3.63) is 112 Å². The van der Waals surface area contributed by atoms with E-state index in [2.05, 4.69) is 111 Å². The standard InChI is InChI=1S/C31H34N4S/c1-19(2)24-10-12-25(13-11-24)35-30(29(33-31(35)36)28-9-7-8-14-32-28)27-18-22(5)34(23(27)6)26-16-20(3)15-21(4)17-26/h7-19,29-30H,1-6H3,(H,33,36)/t29-,30+/m1/s1. The van der Waals surface area contributed by atoms with Crippen molar-refractivity contribution in [1.82, 2.24) is 14.9 Å². The highest BCUT2D eigenvalue weighted by Gasteiger charge is 2.42. The van der Waals surface area contributed by atoms with Crippen LogP contribution in [0.25, 0.3) is 5.69 Å². The molecule has 0 unspecified atom stereocenters. The average molecular weight is 495 g/mol. The van der Waals surface area contributed by atoms with Crippen LogP contribution in [0.3, 0.4) is 0 Å². The molecule has 0 radical (unpaired) electrons. The average Bonchev–Trinajstić information content (AvgIpc) is 3.34. The lowest BCUT2D eigenvalue weighted by molar-refractivity contribution is 0.565. The number of hydrogen-bond acceptors (Lipinski definition) is 2. The smallest absolute Gasteiger partial charge is 0.174 e. The fraction of sp³-hybridized carbons (Fsp3) is 0.290. The highest BCUT2D eigenvalue weighted by Crippen LogP contribution is 2.44. The molecule has 3 heterocycles. The van der Waals surface area contributed by atoms with E-state index in [9.17, 15) is 0 Å². The lowest BCUT2D eigenvalue weighted by atomic mass is 9.96. The maximum absolute atomic E-state index is 5.95. The van der Waals surface area contributed by atoms with Crippen LogP contribution >= 0.6 is 12.2 Å². The molecule has 5 rings (SSSR count). The Morgan fingerprint density at radius 1 is 0.861 bits per heavy atom. The van der Waals surface area contributed by atoms with E-state index >= 15 is 0 Å². The SMILES string of the molecule is Cc1cc(C)cc(-n2c(C)cc([C@H]3[C@@H](c4ccccn4)NC(=S)N3c3ccc(C(C)C)cc3)c2C)c1. The molecule has 4 nitrogen and oxygen atoms in total. The van der Waals surface area contributed by atoms with Gasteiger partial charge in [-0.05, 0) is 111 Å². The summed E-state index contributed by atoms with van der Waals surface area (Å²) in [5.74, 6) is 0.483. The maximum atomic E-state index is 5.95. The lowest BCUT2D eigenvalue weighted by Gasteiger charge is -2.28. The van der Waals surface area contributed by atoms with Gasteiger partial charge in [0.1, 0.15) is 0 Å². The van der Waals surface area contributed by atoms with Gasteiger partial charge in [-0.2, -0.15) is 0 Å². The van der Waals surface area contributed by atoms with E-state index in [-0.39, 0.29) is 12.1 Å². The maximum Gasteiger partial charge on any atom is 0.174 e. The Bertz CT molecular complexity index is 1380. The van der Waals surface area contributed by atoms with Crippen molar-refractivity contribution in [3.8, 4) is 5.69 Å². The minimum atomic E-state index is -0.0586. The molecule has 2 aromatic heterocycles. The second-order valence-corrected chi connectivity index (χ2v) is 10.6. The van der Waals surface area contributed by atoms with Gasteiger partial charge in [0.15, 0.2) is 5.11 Å². The van der Waals surface area contributed by atoms with Gasteiger partial charge in [-0.1, -0.05) is 38.1 Å². The lowest BCUT2D eigenvalue weighted by Crippen LogP contribution is -2.29. The molecule has 1 saturated heterocycles. The van der Waals surface area contributed by atoms with Crippen LogP contribution in [0.5, 0.6) is 0 Å². The molecule has 1 N–H and O–H groups in total. The van der Waals surface area contributed by atoms with Crippen molar-refractivity contribution in [2.24, 2.45) is 0 Å². The molecule has 1 aliphatic heterocycles. The van der Waals surface area contributed by atoms with Crippen LogP contribution < -0.4 is 10.2 Å². The first-order valence-corrected chi connectivity index (χ1v) is 13.0. The summed E-state index contributed by atoms with van der Waals surface area (Å²) in [5, 5.41) is 4.33. The molecule has 2 atom stereocenters. The van der Waals surface area contributed by atoms with Crippen molar-refractivity contribution >= 4 is 23.0 Å². The van der Waals surface area contributed by atoms with Gasteiger partial charge in [0.05, 0.1) is 17.8 Å². The molecule has 4 aromatic rings. The quantitative estimate of drug-likeness (QED) is 0.293. The summed E-state index contributed by atoms with van der Waals surface area (Å²) < 4.78 is 2.37. The number of pyridine rings is 1. The molecular weight excluding hydrogens is 460 g/mol. The molecule has 0 amide bonds. The van der Waals surface area contributed by atoms with Crippen molar-refractivity contribution < 1.29 is 0 Å². The van der Waals surface area contributed by atoms with E-state index < -0.39 is 0 Å². The number of nitrogens with one attached hydrogen (secondary N) is 1. The van der Waals surface area contributed by atoms with Crippen LogP contribution in [0.15, 0.2) is 72.9 Å². The molecule has 2 aromatic carbocycles. The Balaban J connectivity index is 1.67. The van der Waals surface area contributed by atoms with Crippen molar-refractivity contribution in [1.29, 1.82) is 0 Å². The number of aryl methyl sites for hydroxylation is 3. The van der Waals surface area contributed by atoms with E-state index in [1.165, 1.54) is 39.3 Å². The number of thiocarbonyl (C=S) groups is 1. The molecule has 36 heavy (non-hydrogen) atoms. The summed E-state index contributed by atoms with van der Waals surface area (Å²) in [4.78, 5) is 6.99. The third kappa shape index (κ3) is 4.33. The van der Waals surface area contributed by atoms with Gasteiger partial charge in [-0.15, -0.1) is 0 Å². The number of hydrogen-bond donors (Lipinski definition) is 1. The first-order valence-electron chi connectivity index (χ1n) is 12.6. The van der Waals surface area contributed by atoms with Crippen LogP contribution in [-0.2, 0) is 0 Å². The predicted molar refractivity (Wildman–Crippen MR) is 153 cm³/mol. The van der Waals surface area contributed by atoms with E-state index in [0.29, 0.717) is 5.92 Å². The number of nitrogens with zero attached hydrogens (tertiary/aromatic N) is 3. The Labute approximate surface area is 220 Å². The first kappa shape index (κ1) is 24.3. The third-order valence-corrected chi connectivity index (χ3v) is 7.50. The van der Waals surface area contributed by atoms with Crippen LogP contribution in [-0.4, -0.2) is 14.7 Å². The van der Waals surface area contributed by atoms with Crippen LogP contribution in [0.1, 0.15) is 71.2 Å². The van der Waals surface area contributed by atoms with Gasteiger partial charge in [0.25, 0.3) is 0 Å². The summed E-state index contributed by atoms with van der Waals surface area (Å²) in [6.45, 7) is 13.2. The fourth-order valence-electron chi connectivity index (χ4n) is 5.53. The van der Waals surface area contributed by atoms with E-state index in [1.807, 2.05) is 18.3 Å². The van der Waals surface area contributed by atoms with E-state index in [0.717, 1.165) is 16.5 Å². The number of benzene rings is 2. The molecule has 0 spiro atoms. The number of anilines is 1. The predicted octanol–water partition coefficient (Wildman–Crippen LogP) is 7.41. The minimum absolute atomic E-state index is 0.0249. The van der Waals surface area contributed by atoms with E-state index in [1.54, 1.807) is 0 Å². The third-order valence-electron chi connectivity index (χ3n) is 7.19. The molecule has 0 aliphatic carbocycles. The second kappa shape index (κ2) is 9.55. The van der Waals surface area contributed by atoms with Gasteiger partial charge in [0, 0.05) is 29.0 Å². The van der Waals surface area contributed by atoms with Gasteiger partial charge in [0.2, 0.25) is 0 Å². The summed E-state index contributed by atoms with van der Waals surface area (Å²) in [7, 11) is 0. The van der Waals surface area contributed by atoms with Crippen LogP contribution in [0.4, 0.5) is 5.69 Å². The summed E-state index contributed by atoms with van der Waals surface area (Å²) in [5.41, 5.74) is 10.8. The first-order chi connectivity index (χ1) is 17.2. The summed E-state index contributed by atoms with van der Waals surface area (Å²) >= 11 is 5.95. The monoisotopic (exact) mass is 494 g/mol. The highest BCUT2D eigenvalue weighted by atomic mass is 32.1. The highest BCUT2D eigenvalue weighted by molar-refractivity contribution is 7.80. The molecule has 5 heteroatoms.